The fourth-order valence-corrected chi connectivity index (χ4v) is 3.40. The molecule has 0 fully saturated rings. The number of aromatic nitrogens is 4. The highest BCUT2D eigenvalue weighted by molar-refractivity contribution is 5.95. The number of likely N-dealkylation sites (N-methyl/N-ethyl adjacent to an activating group) is 1. The largest absolute Gasteiger partial charge is 0.491 e. The lowest BCUT2D eigenvalue weighted by Crippen LogP contribution is -2.19. The van der Waals surface area contributed by atoms with E-state index >= 15 is 0 Å². The Morgan fingerprint density at radius 1 is 1.13 bits per heavy atom. The monoisotopic (exact) mass is 416 g/mol. The zero-order chi connectivity index (χ0) is 21.8. The van der Waals surface area contributed by atoms with Gasteiger partial charge in [0, 0.05) is 29.3 Å². The van der Waals surface area contributed by atoms with Crippen LogP contribution in [0, 0.1) is 0 Å². The Kier molecular flexibility index (Phi) is 6.04. The summed E-state index contributed by atoms with van der Waals surface area (Å²) in [5, 5.41) is 8.66. The number of nitrogens with one attached hydrogen (secondary N) is 2. The summed E-state index contributed by atoms with van der Waals surface area (Å²) in [5.41, 5.74) is 11.9. The maximum Gasteiger partial charge on any atom is 0.138 e. The maximum atomic E-state index is 6.16. The Labute approximate surface area is 181 Å². The number of benzene rings is 1. The van der Waals surface area contributed by atoms with Crippen molar-refractivity contribution in [3.8, 4) is 28.3 Å². The number of nitrogen functional groups attached to an aromatic ring is 1. The molecule has 0 aliphatic carbocycles. The van der Waals surface area contributed by atoms with Gasteiger partial charge < -0.3 is 20.4 Å². The average Bonchev–Trinajstić information content (AvgIpc) is 3.34. The molecule has 0 spiro atoms. The molecule has 4 N–H and O–H groups in total. The van der Waals surface area contributed by atoms with Crippen molar-refractivity contribution >= 4 is 22.8 Å². The Morgan fingerprint density at radius 3 is 2.81 bits per heavy atom. The van der Waals surface area contributed by atoms with Gasteiger partial charge in [-0.1, -0.05) is 25.1 Å². The van der Waals surface area contributed by atoms with Crippen LogP contribution in [-0.4, -0.2) is 52.3 Å². The molecule has 3 heterocycles. The molecule has 4 rings (SSSR count). The molecular weight excluding hydrogens is 388 g/mol. The molecule has 0 radical (unpaired) electrons. The zero-order valence-corrected chi connectivity index (χ0v) is 18.1. The van der Waals surface area contributed by atoms with Crippen LogP contribution in [0.15, 0.2) is 48.8 Å². The number of pyridine rings is 1. The van der Waals surface area contributed by atoms with E-state index in [9.17, 15) is 0 Å². The summed E-state index contributed by atoms with van der Waals surface area (Å²) in [6.07, 6.45) is 8.67. The van der Waals surface area contributed by atoms with Crippen LogP contribution in [0.25, 0.3) is 39.5 Å². The van der Waals surface area contributed by atoms with Gasteiger partial charge in [-0.05, 0) is 50.3 Å². The van der Waals surface area contributed by atoms with E-state index in [1.54, 1.807) is 6.20 Å². The van der Waals surface area contributed by atoms with Gasteiger partial charge in [0.25, 0.3) is 0 Å². The minimum absolute atomic E-state index is 0.617. The van der Waals surface area contributed by atoms with Crippen LogP contribution in [0.5, 0.6) is 5.75 Å². The second-order valence-corrected chi connectivity index (χ2v) is 7.76. The van der Waals surface area contributed by atoms with Crippen LogP contribution in [0.4, 0.5) is 5.82 Å². The van der Waals surface area contributed by atoms with Crippen LogP contribution in [-0.2, 0) is 0 Å². The van der Waals surface area contributed by atoms with Crippen molar-refractivity contribution in [1.29, 1.82) is 0 Å². The third-order valence-corrected chi connectivity index (χ3v) is 5.08. The summed E-state index contributed by atoms with van der Waals surface area (Å²) >= 11 is 0. The summed E-state index contributed by atoms with van der Waals surface area (Å²) in [6.45, 7) is 3.57. The van der Waals surface area contributed by atoms with Crippen molar-refractivity contribution < 1.29 is 4.74 Å². The first-order chi connectivity index (χ1) is 15.0. The second-order valence-electron chi connectivity index (χ2n) is 7.76. The van der Waals surface area contributed by atoms with E-state index in [-0.39, 0.29) is 0 Å². The van der Waals surface area contributed by atoms with Crippen LogP contribution in [0.3, 0.4) is 0 Å². The fourth-order valence-electron chi connectivity index (χ4n) is 3.40. The molecule has 31 heavy (non-hydrogen) atoms. The van der Waals surface area contributed by atoms with Crippen molar-refractivity contribution in [2.75, 3.05) is 33.0 Å². The van der Waals surface area contributed by atoms with Gasteiger partial charge in [0.05, 0.1) is 17.4 Å². The summed E-state index contributed by atoms with van der Waals surface area (Å²) in [5.74, 6) is 1.40. The molecular formula is C24H28N6O. The van der Waals surface area contributed by atoms with Crippen LogP contribution in [0.1, 0.15) is 18.9 Å². The number of nitrogens with two attached hydrogens (primary N) is 1. The number of rotatable bonds is 8. The maximum absolute atomic E-state index is 6.16. The van der Waals surface area contributed by atoms with Gasteiger partial charge in [0.1, 0.15) is 23.9 Å². The highest BCUT2D eigenvalue weighted by Gasteiger charge is 2.13. The fraction of sp³-hybridized carbons (Fsp3) is 0.250. The number of anilines is 1. The number of fused-ring (bicyclic) bond motifs is 1. The van der Waals surface area contributed by atoms with Crippen molar-refractivity contribution in [2.45, 2.75) is 13.3 Å². The molecule has 0 saturated carbocycles. The van der Waals surface area contributed by atoms with E-state index in [2.05, 4.69) is 50.2 Å². The molecule has 160 valence electrons. The quantitative estimate of drug-likeness (QED) is 0.391. The van der Waals surface area contributed by atoms with E-state index in [0.717, 1.165) is 57.7 Å². The Bertz CT molecular complexity index is 1200. The average molecular weight is 417 g/mol. The van der Waals surface area contributed by atoms with Crippen molar-refractivity contribution in [1.82, 2.24) is 25.1 Å². The van der Waals surface area contributed by atoms with Crippen molar-refractivity contribution in [3.63, 3.8) is 0 Å². The lowest BCUT2D eigenvalue weighted by Gasteiger charge is -2.11. The molecule has 0 unspecified atom stereocenters. The van der Waals surface area contributed by atoms with E-state index in [1.165, 1.54) is 0 Å². The lowest BCUT2D eigenvalue weighted by atomic mass is 10.0. The topological polar surface area (TPSA) is 95.8 Å². The molecule has 1 aromatic carbocycles. The zero-order valence-electron chi connectivity index (χ0n) is 18.1. The van der Waals surface area contributed by atoms with E-state index in [0.29, 0.717) is 12.4 Å². The molecule has 0 bridgehead atoms. The highest BCUT2D eigenvalue weighted by atomic mass is 16.5. The van der Waals surface area contributed by atoms with Gasteiger partial charge in [0.15, 0.2) is 0 Å². The van der Waals surface area contributed by atoms with Gasteiger partial charge in [-0.15, -0.1) is 0 Å². The van der Waals surface area contributed by atoms with Crippen LogP contribution >= 0.6 is 0 Å². The second kappa shape index (κ2) is 9.06. The summed E-state index contributed by atoms with van der Waals surface area (Å²) < 4.78 is 5.84. The van der Waals surface area contributed by atoms with Gasteiger partial charge in [-0.25, -0.2) is 0 Å². The first kappa shape index (κ1) is 20.7. The summed E-state index contributed by atoms with van der Waals surface area (Å²) in [4.78, 5) is 9.70. The molecule has 4 aromatic rings. The van der Waals surface area contributed by atoms with Gasteiger partial charge >= 0.3 is 0 Å². The SMILES string of the molecule is CC/C=C\c1cc(-c2n[nH]c3ccc(-c4cncc(OCCN(C)C)c4)cc23)[nH]c1N. The molecule has 7 nitrogen and oxygen atoms in total. The molecule has 0 atom stereocenters. The van der Waals surface area contributed by atoms with E-state index in [1.807, 2.05) is 44.6 Å². The summed E-state index contributed by atoms with van der Waals surface area (Å²) in [7, 11) is 4.05. The number of nitrogens with zero attached hydrogens (tertiary/aromatic N) is 3. The predicted octanol–water partition coefficient (Wildman–Crippen LogP) is 4.57. The summed E-state index contributed by atoms with van der Waals surface area (Å²) in [6, 6.07) is 10.3. The van der Waals surface area contributed by atoms with Crippen LogP contribution in [0.2, 0.25) is 0 Å². The molecule has 0 aliphatic heterocycles. The van der Waals surface area contributed by atoms with Gasteiger partial charge in [-0.2, -0.15) is 5.10 Å². The standard InChI is InChI=1S/C24H28N6O/c1-4-5-6-17-13-22(27-24(17)25)23-20-12-16(7-8-21(20)28-29-23)18-11-19(15-26-14-18)31-10-9-30(2)3/h5-8,11-15,27H,4,9-10,25H2,1-3H3,(H,28,29)/b6-5-. The molecule has 0 saturated heterocycles. The van der Waals surface area contributed by atoms with Crippen molar-refractivity contribution in [3.05, 3.63) is 54.4 Å². The smallest absolute Gasteiger partial charge is 0.138 e. The highest BCUT2D eigenvalue weighted by Crippen LogP contribution is 2.32. The first-order valence-electron chi connectivity index (χ1n) is 10.4. The number of hydrogen-bond donors (Lipinski definition) is 3. The lowest BCUT2D eigenvalue weighted by molar-refractivity contribution is 0.261. The first-order valence-corrected chi connectivity index (χ1v) is 10.4. The normalized spacial score (nSPS) is 11.7. The molecule has 7 heteroatoms. The van der Waals surface area contributed by atoms with Crippen molar-refractivity contribution in [2.24, 2.45) is 0 Å². The van der Waals surface area contributed by atoms with Gasteiger partial charge in [-0.3, -0.25) is 10.1 Å². The van der Waals surface area contributed by atoms with Gasteiger partial charge in [0.2, 0.25) is 0 Å². The van der Waals surface area contributed by atoms with Crippen LogP contribution < -0.4 is 10.5 Å². The number of hydrogen-bond acceptors (Lipinski definition) is 5. The third-order valence-electron chi connectivity index (χ3n) is 5.08. The van der Waals surface area contributed by atoms with E-state index in [4.69, 9.17) is 10.5 Å². The Hall–Kier alpha value is -3.58. The minimum atomic E-state index is 0.617. The molecule has 3 aromatic heterocycles. The number of H-pyrrole nitrogens is 2. The predicted molar refractivity (Wildman–Crippen MR) is 127 cm³/mol. The minimum Gasteiger partial charge on any atom is -0.491 e. The Morgan fingerprint density at radius 2 is 2.00 bits per heavy atom. The Balaban J connectivity index is 1.66. The third kappa shape index (κ3) is 4.62. The number of ether oxygens (including phenoxy) is 1. The number of aromatic amines is 2. The molecule has 0 amide bonds. The number of allylic oxidation sites excluding steroid dienone is 1. The molecule has 0 aliphatic rings. The van der Waals surface area contributed by atoms with E-state index < -0.39 is 0 Å².